The van der Waals surface area contributed by atoms with E-state index in [1.165, 1.54) is 7.11 Å². The predicted molar refractivity (Wildman–Crippen MR) is 42.3 cm³/mol. The molecule has 5 nitrogen and oxygen atoms in total. The maximum absolute atomic E-state index is 10.6. The van der Waals surface area contributed by atoms with Crippen molar-refractivity contribution >= 4 is 5.97 Å². The molecule has 0 amide bonds. The number of aromatic amines is 1. The largest absolute Gasteiger partial charge is 0.468 e. The molecule has 0 spiro atoms. The highest BCUT2D eigenvalue weighted by atomic mass is 16.5. The van der Waals surface area contributed by atoms with Crippen LogP contribution in [0.2, 0.25) is 0 Å². The second-order valence-electron chi connectivity index (χ2n) is 2.22. The molecule has 0 unspecified atom stereocenters. The van der Waals surface area contributed by atoms with Gasteiger partial charge in [-0.2, -0.15) is 0 Å². The molecule has 1 heterocycles. The average Bonchev–Trinajstić information content (AvgIpc) is 2.57. The summed E-state index contributed by atoms with van der Waals surface area (Å²) in [5.41, 5.74) is 0. The summed E-state index contributed by atoms with van der Waals surface area (Å²) in [5, 5.41) is 2.87. The van der Waals surface area contributed by atoms with Crippen molar-refractivity contribution in [2.45, 2.75) is 6.54 Å². The molecule has 0 atom stereocenters. The zero-order chi connectivity index (χ0) is 8.81. The normalized spacial score (nSPS) is 9.75. The van der Waals surface area contributed by atoms with Crippen LogP contribution in [-0.2, 0) is 16.1 Å². The number of nitrogens with one attached hydrogen (secondary N) is 2. The molecule has 0 aliphatic carbocycles. The molecule has 1 aromatic heterocycles. The number of nitrogens with zero attached hydrogens (tertiary/aromatic N) is 1. The minimum absolute atomic E-state index is 0.206. The Kier molecular flexibility index (Phi) is 3.28. The quantitative estimate of drug-likeness (QED) is 0.606. The molecule has 0 fully saturated rings. The SMILES string of the molecule is COC(=O)CNCc1ncc[nH]1. The second kappa shape index (κ2) is 4.50. The zero-order valence-electron chi connectivity index (χ0n) is 6.83. The maximum atomic E-state index is 10.6. The van der Waals surface area contributed by atoms with Gasteiger partial charge in [0.05, 0.1) is 20.2 Å². The Morgan fingerprint density at radius 2 is 2.67 bits per heavy atom. The van der Waals surface area contributed by atoms with Gasteiger partial charge in [0, 0.05) is 12.4 Å². The number of esters is 1. The number of rotatable bonds is 4. The molecule has 0 bridgehead atoms. The minimum Gasteiger partial charge on any atom is -0.468 e. The van der Waals surface area contributed by atoms with Crippen LogP contribution >= 0.6 is 0 Å². The van der Waals surface area contributed by atoms with E-state index in [1.807, 2.05) is 0 Å². The molecule has 1 rings (SSSR count). The molecular weight excluding hydrogens is 158 g/mol. The van der Waals surface area contributed by atoms with Crippen molar-refractivity contribution in [2.24, 2.45) is 0 Å². The van der Waals surface area contributed by atoms with Crippen molar-refractivity contribution in [1.82, 2.24) is 15.3 Å². The van der Waals surface area contributed by atoms with Gasteiger partial charge < -0.3 is 9.72 Å². The number of aromatic nitrogens is 2. The summed E-state index contributed by atoms with van der Waals surface area (Å²) in [5.74, 6) is 0.528. The molecule has 0 aromatic carbocycles. The van der Waals surface area contributed by atoms with E-state index >= 15 is 0 Å². The summed E-state index contributed by atoms with van der Waals surface area (Å²) in [6.07, 6.45) is 3.39. The number of hydrogen-bond acceptors (Lipinski definition) is 4. The van der Waals surface area contributed by atoms with Crippen LogP contribution in [0.4, 0.5) is 0 Å². The van der Waals surface area contributed by atoms with Crippen molar-refractivity contribution in [3.05, 3.63) is 18.2 Å². The van der Waals surface area contributed by atoms with Gasteiger partial charge in [-0.15, -0.1) is 0 Å². The third-order valence-electron chi connectivity index (χ3n) is 1.34. The van der Waals surface area contributed by atoms with Crippen molar-refractivity contribution < 1.29 is 9.53 Å². The number of imidazole rings is 1. The monoisotopic (exact) mass is 169 g/mol. The second-order valence-corrected chi connectivity index (χ2v) is 2.22. The maximum Gasteiger partial charge on any atom is 0.319 e. The topological polar surface area (TPSA) is 67.0 Å². The first-order valence-electron chi connectivity index (χ1n) is 3.58. The van der Waals surface area contributed by atoms with Gasteiger partial charge in [0.2, 0.25) is 0 Å². The van der Waals surface area contributed by atoms with Crippen LogP contribution in [-0.4, -0.2) is 29.6 Å². The Balaban J connectivity index is 2.15. The Morgan fingerprint density at radius 3 is 3.25 bits per heavy atom. The predicted octanol–water partition coefficient (Wildman–Crippen LogP) is -0.328. The fourth-order valence-corrected chi connectivity index (χ4v) is 0.750. The molecule has 0 saturated heterocycles. The van der Waals surface area contributed by atoms with Crippen LogP contribution < -0.4 is 5.32 Å². The van der Waals surface area contributed by atoms with Crippen LogP contribution in [0, 0.1) is 0 Å². The van der Waals surface area contributed by atoms with E-state index < -0.39 is 0 Å². The number of ether oxygens (including phenoxy) is 1. The standard InChI is InChI=1S/C7H11N3O2/c1-12-7(11)5-8-4-6-9-2-3-10-6/h2-3,8H,4-5H2,1H3,(H,9,10). The van der Waals surface area contributed by atoms with E-state index in [2.05, 4.69) is 20.0 Å². The lowest BCUT2D eigenvalue weighted by atomic mass is 10.5. The van der Waals surface area contributed by atoms with Gasteiger partial charge >= 0.3 is 5.97 Å². The lowest BCUT2D eigenvalue weighted by molar-refractivity contribution is -0.139. The molecule has 5 heteroatoms. The fourth-order valence-electron chi connectivity index (χ4n) is 0.750. The van der Waals surface area contributed by atoms with Gasteiger partial charge in [-0.25, -0.2) is 4.98 Å². The van der Waals surface area contributed by atoms with Crippen LogP contribution in [0.25, 0.3) is 0 Å². The first kappa shape index (κ1) is 8.73. The van der Waals surface area contributed by atoms with E-state index in [4.69, 9.17) is 0 Å². The summed E-state index contributed by atoms with van der Waals surface area (Å²) in [7, 11) is 1.36. The van der Waals surface area contributed by atoms with E-state index in [0.717, 1.165) is 5.82 Å². The van der Waals surface area contributed by atoms with Crippen LogP contribution in [0.15, 0.2) is 12.4 Å². The van der Waals surface area contributed by atoms with Crippen LogP contribution in [0.5, 0.6) is 0 Å². The van der Waals surface area contributed by atoms with Crippen molar-refractivity contribution in [3.8, 4) is 0 Å². The lowest BCUT2D eigenvalue weighted by Gasteiger charge is -1.99. The number of H-pyrrole nitrogens is 1. The highest BCUT2D eigenvalue weighted by molar-refractivity contribution is 5.71. The molecular formula is C7H11N3O2. The highest BCUT2D eigenvalue weighted by Gasteiger charge is 1.99. The smallest absolute Gasteiger partial charge is 0.319 e. The summed E-state index contributed by atoms with van der Waals surface area (Å²) in [4.78, 5) is 17.5. The van der Waals surface area contributed by atoms with Gasteiger partial charge in [-0.1, -0.05) is 0 Å². The number of hydrogen-bond donors (Lipinski definition) is 2. The Hall–Kier alpha value is -1.36. The highest BCUT2D eigenvalue weighted by Crippen LogP contribution is 1.85. The number of methoxy groups -OCH3 is 1. The minimum atomic E-state index is -0.276. The molecule has 0 aliphatic rings. The van der Waals surface area contributed by atoms with Gasteiger partial charge in [0.1, 0.15) is 5.82 Å². The van der Waals surface area contributed by atoms with E-state index in [1.54, 1.807) is 12.4 Å². The lowest BCUT2D eigenvalue weighted by Crippen LogP contribution is -2.23. The van der Waals surface area contributed by atoms with Crippen LogP contribution in [0.3, 0.4) is 0 Å². The number of carbonyl (C=O) groups excluding carboxylic acids is 1. The van der Waals surface area contributed by atoms with Crippen molar-refractivity contribution in [3.63, 3.8) is 0 Å². The molecule has 1 aromatic rings. The van der Waals surface area contributed by atoms with Gasteiger partial charge in [0.25, 0.3) is 0 Å². The molecule has 0 radical (unpaired) electrons. The van der Waals surface area contributed by atoms with Crippen LogP contribution in [0.1, 0.15) is 5.82 Å². The van der Waals surface area contributed by atoms with Crippen molar-refractivity contribution in [1.29, 1.82) is 0 Å². The van der Waals surface area contributed by atoms with Gasteiger partial charge in [-0.3, -0.25) is 10.1 Å². The first-order valence-corrected chi connectivity index (χ1v) is 3.58. The summed E-state index contributed by atoms with van der Waals surface area (Å²) >= 11 is 0. The van der Waals surface area contributed by atoms with E-state index in [0.29, 0.717) is 6.54 Å². The summed E-state index contributed by atoms with van der Waals surface area (Å²) in [6.45, 7) is 0.749. The average molecular weight is 169 g/mol. The summed E-state index contributed by atoms with van der Waals surface area (Å²) < 4.78 is 4.44. The Bertz CT molecular complexity index is 233. The molecule has 0 saturated carbocycles. The summed E-state index contributed by atoms with van der Waals surface area (Å²) in [6, 6.07) is 0. The van der Waals surface area contributed by atoms with Crippen molar-refractivity contribution in [2.75, 3.05) is 13.7 Å². The molecule has 12 heavy (non-hydrogen) atoms. The van der Waals surface area contributed by atoms with E-state index in [-0.39, 0.29) is 12.5 Å². The van der Waals surface area contributed by atoms with Gasteiger partial charge in [-0.05, 0) is 0 Å². The molecule has 2 N–H and O–H groups in total. The Labute approximate surface area is 70.1 Å². The number of carbonyl (C=O) groups is 1. The molecule has 66 valence electrons. The van der Waals surface area contributed by atoms with E-state index in [9.17, 15) is 4.79 Å². The fraction of sp³-hybridized carbons (Fsp3) is 0.429. The first-order chi connectivity index (χ1) is 5.83. The Morgan fingerprint density at radius 1 is 1.83 bits per heavy atom. The zero-order valence-corrected chi connectivity index (χ0v) is 6.83. The van der Waals surface area contributed by atoms with Gasteiger partial charge in [0.15, 0.2) is 0 Å². The third-order valence-corrected chi connectivity index (χ3v) is 1.34. The third kappa shape index (κ3) is 2.71. The molecule has 0 aliphatic heterocycles.